The summed E-state index contributed by atoms with van der Waals surface area (Å²) in [6.07, 6.45) is 12.7. The minimum atomic E-state index is -4.73. The largest absolute Gasteiger partial charge is 1.00 e. The fourth-order valence-electron chi connectivity index (χ4n) is 7.70. The molecule has 1 N–H and O–H groups in total. The average molecular weight is 864 g/mol. The summed E-state index contributed by atoms with van der Waals surface area (Å²) in [4.78, 5) is 47.5. The summed E-state index contributed by atoms with van der Waals surface area (Å²) in [6.45, 7) is 8.70. The molecule has 1 amide bonds. The molecule has 1 atom stereocenters. The Kier molecular flexibility index (Phi) is 20.0. The van der Waals surface area contributed by atoms with Gasteiger partial charge in [-0.05, 0) is 73.4 Å². The number of carboxylic acids is 3. The van der Waals surface area contributed by atoms with Gasteiger partial charge in [0.1, 0.15) is 10.1 Å². The summed E-state index contributed by atoms with van der Waals surface area (Å²) in [5.41, 5.74) is 3.99. The molecule has 0 spiro atoms. The predicted octanol–water partition coefficient (Wildman–Crippen LogP) is -6.83. The van der Waals surface area contributed by atoms with Gasteiger partial charge >= 0.3 is 88.7 Å². The van der Waals surface area contributed by atoms with Crippen LogP contribution in [0.3, 0.4) is 0 Å². The first-order chi connectivity index (χ1) is 26.8. The van der Waals surface area contributed by atoms with Crippen LogP contribution in [0.4, 0.5) is 11.4 Å². The topological polar surface area (TPSA) is 213 Å². The molecule has 0 saturated heterocycles. The van der Waals surface area contributed by atoms with Crippen LogP contribution in [0, 0.1) is 0 Å². The van der Waals surface area contributed by atoms with Crippen LogP contribution in [-0.2, 0) is 40.1 Å². The molecule has 2 aliphatic heterocycles. The third-order valence-electron chi connectivity index (χ3n) is 10.4. The van der Waals surface area contributed by atoms with Crippen LogP contribution in [0.15, 0.2) is 108 Å². The second-order valence-corrected chi connectivity index (χ2v) is 16.4. The van der Waals surface area contributed by atoms with Gasteiger partial charge in [0.2, 0.25) is 11.6 Å². The van der Waals surface area contributed by atoms with E-state index in [9.17, 15) is 47.5 Å². The number of carbonyl (C=O) groups is 4. The SMILES string of the molecule is CC1(C)C(/C=C/C=C/C=C/C=C2/N(CCCCC(=O)NC(CC(=O)[O-])C(=O)[O-])c3ccc(S(=O)(=O)[O-])cc3C2(C)C)=[N+](CCC(=O)[O-])c2ccc3ccccc3c21.[Na+].[Na+].[Na+]. The van der Waals surface area contributed by atoms with E-state index in [-0.39, 0.29) is 113 Å². The zero-order valence-electron chi connectivity index (χ0n) is 35.1. The van der Waals surface area contributed by atoms with Gasteiger partial charge in [-0.15, -0.1) is 0 Å². The fourth-order valence-corrected chi connectivity index (χ4v) is 8.20. The van der Waals surface area contributed by atoms with Crippen LogP contribution in [0.25, 0.3) is 10.8 Å². The van der Waals surface area contributed by atoms with E-state index in [0.29, 0.717) is 30.6 Å². The Labute approximate surface area is 417 Å². The number of carboxylic acid groups (broad SMARTS) is 3. The molecule has 60 heavy (non-hydrogen) atoms. The van der Waals surface area contributed by atoms with Gasteiger partial charge in [-0.1, -0.05) is 68.5 Å². The van der Waals surface area contributed by atoms with E-state index in [1.54, 1.807) is 6.07 Å². The van der Waals surface area contributed by atoms with Gasteiger partial charge < -0.3 is 44.5 Å². The molecule has 0 aliphatic carbocycles. The van der Waals surface area contributed by atoms with Gasteiger partial charge in [0, 0.05) is 72.3 Å². The van der Waals surface area contributed by atoms with Crippen LogP contribution >= 0.6 is 0 Å². The van der Waals surface area contributed by atoms with Crippen molar-refractivity contribution < 1.29 is 141 Å². The summed E-state index contributed by atoms with van der Waals surface area (Å²) in [7, 11) is -4.73. The number of benzene rings is 3. The number of nitrogens with one attached hydrogen (secondary N) is 1. The molecule has 0 bridgehead atoms. The standard InChI is InChI=1S/C43H47N3O10S.3Na/c1-42(2)31-26-29(57(54,55)56)20-22-33(31)45(24-13-12-18-37(47)44-32(41(52)53)27-39(50)51)35(42)16-8-6-5-7-9-17-36-43(3,4)40-30-15-11-10-14-28(30)19-21-34(40)46(36)25-23-38(48)49;;;/h5-11,14-17,19-22,26,32H,12-13,18,23-25,27H2,1-4H3,(H4-,44,47,48,49,50,51,52,53,54,55,56);;;/q;3*+1/p-3. The van der Waals surface area contributed by atoms with Crippen LogP contribution in [0.5, 0.6) is 0 Å². The maximum atomic E-state index is 12.4. The van der Waals surface area contributed by atoms with Gasteiger partial charge in [0.15, 0.2) is 12.3 Å². The van der Waals surface area contributed by atoms with Crippen molar-refractivity contribution in [2.24, 2.45) is 0 Å². The van der Waals surface area contributed by atoms with Crippen LogP contribution in [-0.4, -0.2) is 66.2 Å². The molecular formula is C43H44N3Na3O10S. The average Bonchev–Trinajstić information content (AvgIpc) is 3.48. The Morgan fingerprint density at radius 3 is 2.13 bits per heavy atom. The normalized spacial score (nSPS) is 16.4. The molecule has 0 saturated carbocycles. The number of anilines is 1. The van der Waals surface area contributed by atoms with Crippen LogP contribution in [0.1, 0.15) is 70.9 Å². The second kappa shape index (κ2) is 22.5. The minimum absolute atomic E-state index is 0. The summed E-state index contributed by atoms with van der Waals surface area (Å²) in [5.74, 6) is -5.15. The van der Waals surface area contributed by atoms with Crippen molar-refractivity contribution in [1.29, 1.82) is 0 Å². The quantitative estimate of drug-likeness (QED) is 0.0443. The van der Waals surface area contributed by atoms with Crippen molar-refractivity contribution >= 4 is 61.8 Å². The van der Waals surface area contributed by atoms with Crippen molar-refractivity contribution in [2.75, 3.05) is 18.0 Å². The Balaban J connectivity index is 0.00000413. The van der Waals surface area contributed by atoms with E-state index in [4.69, 9.17) is 0 Å². The molecule has 2 aliphatic rings. The second-order valence-electron chi connectivity index (χ2n) is 15.0. The molecule has 5 rings (SSSR count). The number of aliphatic carboxylic acids is 3. The first-order valence-electron chi connectivity index (χ1n) is 18.5. The fraction of sp³-hybridized carbons (Fsp3) is 0.326. The zero-order chi connectivity index (χ0) is 41.7. The Morgan fingerprint density at radius 1 is 0.817 bits per heavy atom. The Hall–Kier alpha value is -2.86. The molecule has 13 nitrogen and oxygen atoms in total. The molecule has 300 valence electrons. The van der Waals surface area contributed by atoms with Crippen molar-refractivity contribution in [1.82, 2.24) is 5.32 Å². The van der Waals surface area contributed by atoms with E-state index >= 15 is 0 Å². The number of hydrogen-bond acceptors (Lipinski definition) is 11. The minimum Gasteiger partial charge on any atom is -0.744 e. The molecule has 0 radical (unpaired) electrons. The number of hydrogen-bond donors (Lipinski definition) is 1. The van der Waals surface area contributed by atoms with Gasteiger partial charge in [0.05, 0.1) is 22.3 Å². The molecule has 3 aromatic rings. The molecule has 3 aromatic carbocycles. The maximum absolute atomic E-state index is 12.4. The Morgan fingerprint density at radius 2 is 1.48 bits per heavy atom. The monoisotopic (exact) mass is 863 g/mol. The molecule has 0 fully saturated rings. The summed E-state index contributed by atoms with van der Waals surface area (Å²) in [6, 6.07) is 14.7. The number of allylic oxidation sites excluding steroid dienone is 8. The van der Waals surface area contributed by atoms with Gasteiger partial charge in [0.25, 0.3) is 0 Å². The van der Waals surface area contributed by atoms with Crippen molar-refractivity contribution in [2.45, 2.75) is 81.6 Å². The van der Waals surface area contributed by atoms with Gasteiger partial charge in [-0.2, -0.15) is 4.58 Å². The zero-order valence-corrected chi connectivity index (χ0v) is 42.0. The molecule has 1 unspecified atom stereocenters. The predicted molar refractivity (Wildman–Crippen MR) is 207 cm³/mol. The number of rotatable bonds is 17. The van der Waals surface area contributed by atoms with Gasteiger partial charge in [-0.25, -0.2) is 8.42 Å². The van der Waals surface area contributed by atoms with E-state index in [1.165, 1.54) is 12.1 Å². The van der Waals surface area contributed by atoms with E-state index < -0.39 is 57.2 Å². The van der Waals surface area contributed by atoms with Crippen LogP contribution < -0.4 is 114 Å². The summed E-state index contributed by atoms with van der Waals surface area (Å²) >= 11 is 0. The number of fused-ring (bicyclic) bond motifs is 4. The molecule has 17 heteroatoms. The summed E-state index contributed by atoms with van der Waals surface area (Å²) < 4.78 is 37.8. The first-order valence-corrected chi connectivity index (χ1v) is 19.9. The van der Waals surface area contributed by atoms with E-state index in [0.717, 1.165) is 33.4 Å². The number of nitrogens with zero attached hydrogens (tertiary/aromatic N) is 2. The smallest absolute Gasteiger partial charge is 0.744 e. The van der Waals surface area contributed by atoms with Crippen molar-refractivity contribution in [3.8, 4) is 0 Å². The van der Waals surface area contributed by atoms with Gasteiger partial charge in [-0.3, -0.25) is 4.79 Å². The number of amides is 1. The van der Waals surface area contributed by atoms with Crippen molar-refractivity contribution in [3.63, 3.8) is 0 Å². The Bertz CT molecular complexity index is 2390. The number of unbranched alkanes of at least 4 members (excludes halogenated alkanes) is 1. The summed E-state index contributed by atoms with van der Waals surface area (Å²) in [5, 5.41) is 37.9. The van der Waals surface area contributed by atoms with Crippen molar-refractivity contribution in [3.05, 3.63) is 114 Å². The van der Waals surface area contributed by atoms with E-state index in [2.05, 4.69) is 31.3 Å². The van der Waals surface area contributed by atoms with E-state index in [1.807, 2.05) is 90.1 Å². The maximum Gasteiger partial charge on any atom is 1.00 e. The molecule has 0 aromatic heterocycles. The first kappa shape index (κ1) is 53.3. The molecule has 2 heterocycles. The molecular weight excluding hydrogens is 820 g/mol. The number of carbonyl (C=O) groups excluding carboxylic acids is 4. The van der Waals surface area contributed by atoms with Crippen LogP contribution in [0.2, 0.25) is 0 Å². The third kappa shape index (κ3) is 12.4. The third-order valence-corrected chi connectivity index (χ3v) is 11.3.